The van der Waals surface area contributed by atoms with Gasteiger partial charge in [0.15, 0.2) is 0 Å². The van der Waals surface area contributed by atoms with Crippen molar-refractivity contribution in [1.82, 2.24) is 10.3 Å². The number of aromatic nitrogens is 1. The van der Waals surface area contributed by atoms with E-state index in [2.05, 4.69) is 31.1 Å². The van der Waals surface area contributed by atoms with Gasteiger partial charge in [0.25, 0.3) is 0 Å². The summed E-state index contributed by atoms with van der Waals surface area (Å²) in [6.45, 7) is 9.24. The van der Waals surface area contributed by atoms with Crippen LogP contribution in [0.4, 0.5) is 0 Å². The Kier molecular flexibility index (Phi) is 7.42. The Bertz CT molecular complexity index is 322. The molecule has 0 amide bonds. The van der Waals surface area contributed by atoms with Gasteiger partial charge in [-0.3, -0.25) is 0 Å². The summed E-state index contributed by atoms with van der Waals surface area (Å²) >= 11 is 1.78. The predicted molar refractivity (Wildman–Crippen MR) is 75.5 cm³/mol. The molecular weight excluding hydrogens is 248 g/mol. The molecule has 0 saturated heterocycles. The number of ether oxygens (including phenoxy) is 2. The van der Waals surface area contributed by atoms with E-state index in [0.717, 1.165) is 18.7 Å². The van der Waals surface area contributed by atoms with Crippen molar-refractivity contribution >= 4 is 11.3 Å². The molecule has 0 fully saturated rings. The van der Waals surface area contributed by atoms with Crippen LogP contribution in [0.3, 0.4) is 0 Å². The molecule has 0 aliphatic heterocycles. The first-order chi connectivity index (χ1) is 8.67. The van der Waals surface area contributed by atoms with Crippen LogP contribution in [0.2, 0.25) is 0 Å². The first kappa shape index (κ1) is 15.6. The lowest BCUT2D eigenvalue weighted by molar-refractivity contribution is 0.0589. The van der Waals surface area contributed by atoms with Crippen LogP contribution in [-0.2, 0) is 15.9 Å². The molecule has 1 rings (SSSR count). The zero-order valence-electron chi connectivity index (χ0n) is 11.8. The van der Waals surface area contributed by atoms with Crippen LogP contribution in [-0.4, -0.2) is 44.5 Å². The van der Waals surface area contributed by atoms with Gasteiger partial charge < -0.3 is 14.8 Å². The first-order valence-corrected chi connectivity index (χ1v) is 7.22. The van der Waals surface area contributed by atoms with Gasteiger partial charge in [-0.05, 0) is 20.4 Å². The Hall–Kier alpha value is -0.490. The average molecular weight is 272 g/mol. The smallest absolute Gasteiger partial charge is 0.0947 e. The summed E-state index contributed by atoms with van der Waals surface area (Å²) < 4.78 is 10.6. The highest BCUT2D eigenvalue weighted by atomic mass is 32.1. The number of nitrogens with one attached hydrogen (secondary N) is 1. The van der Waals surface area contributed by atoms with E-state index in [9.17, 15) is 0 Å². The molecule has 1 heterocycles. The maximum Gasteiger partial charge on any atom is 0.0947 e. The second-order valence-electron chi connectivity index (χ2n) is 4.28. The number of likely N-dealkylation sites (N-methyl/N-ethyl adjacent to an activating group) is 1. The summed E-state index contributed by atoms with van der Waals surface area (Å²) in [5.74, 6) is 0. The summed E-state index contributed by atoms with van der Waals surface area (Å²) in [6.07, 6.45) is 0.931. The van der Waals surface area contributed by atoms with Gasteiger partial charge in [-0.25, -0.2) is 4.98 Å². The summed E-state index contributed by atoms with van der Waals surface area (Å²) in [5, 5.41) is 4.62. The van der Waals surface area contributed by atoms with Crippen LogP contribution >= 0.6 is 11.3 Å². The fraction of sp³-hybridized carbons (Fsp3) is 0.769. The lowest BCUT2D eigenvalue weighted by atomic mass is 10.2. The van der Waals surface area contributed by atoms with Crippen LogP contribution in [0.5, 0.6) is 0 Å². The molecule has 1 N–H and O–H groups in total. The molecule has 1 atom stereocenters. The monoisotopic (exact) mass is 272 g/mol. The largest absolute Gasteiger partial charge is 0.382 e. The third-order valence-electron chi connectivity index (χ3n) is 2.74. The van der Waals surface area contributed by atoms with Crippen molar-refractivity contribution in [2.75, 3.05) is 33.5 Å². The van der Waals surface area contributed by atoms with Crippen molar-refractivity contribution in [3.8, 4) is 0 Å². The summed E-state index contributed by atoms with van der Waals surface area (Å²) in [7, 11) is 1.69. The van der Waals surface area contributed by atoms with Crippen LogP contribution in [0, 0.1) is 13.8 Å². The SMILES string of the molecule is CCNC(COCCOC)Cc1nc(C)c(C)s1. The minimum absolute atomic E-state index is 0.330. The van der Waals surface area contributed by atoms with Gasteiger partial charge in [-0.15, -0.1) is 11.3 Å². The highest BCUT2D eigenvalue weighted by Crippen LogP contribution is 2.17. The molecule has 0 aromatic carbocycles. The molecule has 0 saturated carbocycles. The van der Waals surface area contributed by atoms with Gasteiger partial charge in [0.1, 0.15) is 0 Å². The number of hydrogen-bond acceptors (Lipinski definition) is 5. The van der Waals surface area contributed by atoms with Crippen LogP contribution < -0.4 is 5.32 Å². The molecule has 104 valence electrons. The number of nitrogens with zero attached hydrogens (tertiary/aromatic N) is 1. The van der Waals surface area contributed by atoms with E-state index in [0.29, 0.717) is 25.9 Å². The van der Waals surface area contributed by atoms with Crippen LogP contribution in [0.25, 0.3) is 0 Å². The topological polar surface area (TPSA) is 43.4 Å². The minimum atomic E-state index is 0.330. The molecule has 0 aliphatic rings. The Labute approximate surface area is 114 Å². The van der Waals surface area contributed by atoms with E-state index < -0.39 is 0 Å². The average Bonchev–Trinajstić information content (AvgIpc) is 2.64. The number of hydrogen-bond donors (Lipinski definition) is 1. The molecule has 4 nitrogen and oxygen atoms in total. The van der Waals surface area contributed by atoms with Crippen LogP contribution in [0.1, 0.15) is 22.5 Å². The van der Waals surface area contributed by atoms with E-state index in [1.165, 1.54) is 9.88 Å². The Morgan fingerprint density at radius 1 is 1.33 bits per heavy atom. The first-order valence-electron chi connectivity index (χ1n) is 6.40. The number of aryl methyl sites for hydroxylation is 2. The molecule has 0 bridgehead atoms. The third kappa shape index (κ3) is 5.44. The van der Waals surface area contributed by atoms with Crippen molar-refractivity contribution < 1.29 is 9.47 Å². The van der Waals surface area contributed by atoms with E-state index in [1.54, 1.807) is 18.4 Å². The van der Waals surface area contributed by atoms with E-state index in [4.69, 9.17) is 9.47 Å². The van der Waals surface area contributed by atoms with Gasteiger partial charge in [-0.2, -0.15) is 0 Å². The van der Waals surface area contributed by atoms with Crippen molar-refractivity contribution in [2.24, 2.45) is 0 Å². The van der Waals surface area contributed by atoms with Gasteiger partial charge in [0, 0.05) is 24.4 Å². The quantitative estimate of drug-likeness (QED) is 0.698. The molecular formula is C13H24N2O2S. The second kappa shape index (κ2) is 8.58. The molecule has 1 aromatic heterocycles. The highest BCUT2D eigenvalue weighted by molar-refractivity contribution is 7.11. The van der Waals surface area contributed by atoms with E-state index in [-0.39, 0.29) is 0 Å². The number of methoxy groups -OCH3 is 1. The van der Waals surface area contributed by atoms with E-state index in [1.807, 2.05) is 0 Å². The molecule has 5 heteroatoms. The molecule has 0 spiro atoms. The maximum absolute atomic E-state index is 5.59. The summed E-state index contributed by atoms with van der Waals surface area (Å²) in [5.41, 5.74) is 1.14. The van der Waals surface area contributed by atoms with E-state index >= 15 is 0 Å². The zero-order valence-corrected chi connectivity index (χ0v) is 12.6. The Balaban J connectivity index is 2.41. The zero-order chi connectivity index (χ0) is 13.4. The normalized spacial score (nSPS) is 12.9. The standard InChI is InChI=1S/C13H24N2O2S/c1-5-14-12(9-17-7-6-16-4)8-13-15-10(2)11(3)18-13/h12,14H,5-9H2,1-4H3. The molecule has 1 aromatic rings. The van der Waals surface area contributed by atoms with Crippen molar-refractivity contribution in [3.63, 3.8) is 0 Å². The molecule has 0 radical (unpaired) electrons. The van der Waals surface area contributed by atoms with Gasteiger partial charge in [0.2, 0.25) is 0 Å². The lowest BCUT2D eigenvalue weighted by Crippen LogP contribution is -2.35. The van der Waals surface area contributed by atoms with Gasteiger partial charge >= 0.3 is 0 Å². The summed E-state index contributed by atoms with van der Waals surface area (Å²) in [4.78, 5) is 5.88. The van der Waals surface area contributed by atoms with Crippen LogP contribution in [0.15, 0.2) is 0 Å². The molecule has 18 heavy (non-hydrogen) atoms. The second-order valence-corrected chi connectivity index (χ2v) is 5.56. The maximum atomic E-state index is 5.59. The fourth-order valence-electron chi connectivity index (χ4n) is 1.68. The number of rotatable bonds is 9. The third-order valence-corrected chi connectivity index (χ3v) is 3.83. The minimum Gasteiger partial charge on any atom is -0.382 e. The van der Waals surface area contributed by atoms with Crippen molar-refractivity contribution in [2.45, 2.75) is 33.2 Å². The summed E-state index contributed by atoms with van der Waals surface area (Å²) in [6, 6.07) is 0.330. The predicted octanol–water partition coefficient (Wildman–Crippen LogP) is 1.94. The Morgan fingerprint density at radius 2 is 2.11 bits per heavy atom. The van der Waals surface area contributed by atoms with Gasteiger partial charge in [0.05, 0.1) is 30.5 Å². The van der Waals surface area contributed by atoms with Crippen molar-refractivity contribution in [1.29, 1.82) is 0 Å². The Morgan fingerprint density at radius 3 is 2.67 bits per heavy atom. The van der Waals surface area contributed by atoms with Crippen molar-refractivity contribution in [3.05, 3.63) is 15.6 Å². The molecule has 1 unspecified atom stereocenters. The fourth-order valence-corrected chi connectivity index (χ4v) is 2.70. The number of thiazole rings is 1. The van der Waals surface area contributed by atoms with Gasteiger partial charge in [-0.1, -0.05) is 6.92 Å². The highest BCUT2D eigenvalue weighted by Gasteiger charge is 2.12. The molecule has 0 aliphatic carbocycles. The lowest BCUT2D eigenvalue weighted by Gasteiger charge is -2.16.